The second-order valence-electron chi connectivity index (χ2n) is 4.10. The number of anilines is 1. The summed E-state index contributed by atoms with van der Waals surface area (Å²) in [5.74, 6) is 0.200. The monoisotopic (exact) mass is 292 g/mol. The van der Waals surface area contributed by atoms with Gasteiger partial charge >= 0.3 is 0 Å². The predicted octanol–water partition coefficient (Wildman–Crippen LogP) is 1.39. The summed E-state index contributed by atoms with van der Waals surface area (Å²) in [6, 6.07) is 10.0. The molecule has 0 amide bonds. The van der Waals surface area contributed by atoms with Crippen molar-refractivity contribution in [1.29, 1.82) is 0 Å². The molecule has 20 heavy (non-hydrogen) atoms. The van der Waals surface area contributed by atoms with Crippen LogP contribution in [0.3, 0.4) is 0 Å². The molecule has 7 heteroatoms. The van der Waals surface area contributed by atoms with E-state index in [1.54, 1.807) is 30.3 Å². The second-order valence-corrected chi connectivity index (χ2v) is 5.75. The molecular formula is C13H16N4O2S. The maximum atomic E-state index is 12.4. The maximum Gasteiger partial charge on any atom is 0.263 e. The standard InChI is InChI=1S/C13H16N4O2S/c1-2-14-10-11-6-3-4-7-12(11)20(18,19)17-13-8-5-9-15-16-13/h3-9,14H,2,10H2,1H3,(H,16,17). The van der Waals surface area contributed by atoms with Gasteiger partial charge in [0.2, 0.25) is 0 Å². The molecule has 2 rings (SSSR count). The van der Waals surface area contributed by atoms with Gasteiger partial charge < -0.3 is 5.32 Å². The van der Waals surface area contributed by atoms with E-state index in [-0.39, 0.29) is 10.7 Å². The fraction of sp³-hybridized carbons (Fsp3) is 0.231. The van der Waals surface area contributed by atoms with Gasteiger partial charge in [0.05, 0.1) is 4.90 Å². The molecule has 0 fully saturated rings. The van der Waals surface area contributed by atoms with Gasteiger partial charge in [0.25, 0.3) is 10.0 Å². The molecule has 0 saturated carbocycles. The van der Waals surface area contributed by atoms with Crippen molar-refractivity contribution in [2.75, 3.05) is 11.3 Å². The van der Waals surface area contributed by atoms with Crippen molar-refractivity contribution in [3.05, 3.63) is 48.2 Å². The Morgan fingerprint density at radius 1 is 1.15 bits per heavy atom. The number of nitrogens with one attached hydrogen (secondary N) is 2. The lowest BCUT2D eigenvalue weighted by Crippen LogP contribution is -2.19. The van der Waals surface area contributed by atoms with Gasteiger partial charge in [-0.15, -0.1) is 5.10 Å². The first-order chi connectivity index (χ1) is 9.63. The Labute approximate surface area is 118 Å². The van der Waals surface area contributed by atoms with Crippen molar-refractivity contribution in [2.24, 2.45) is 0 Å². The Kier molecular flexibility index (Phi) is 4.65. The average Bonchev–Trinajstić information content (AvgIpc) is 2.46. The zero-order valence-corrected chi connectivity index (χ0v) is 11.9. The van der Waals surface area contributed by atoms with Gasteiger partial charge in [-0.2, -0.15) is 5.10 Å². The van der Waals surface area contributed by atoms with E-state index in [0.717, 1.165) is 6.54 Å². The number of rotatable bonds is 6. The highest BCUT2D eigenvalue weighted by Gasteiger charge is 2.18. The van der Waals surface area contributed by atoms with E-state index in [1.807, 2.05) is 13.0 Å². The van der Waals surface area contributed by atoms with Crippen LogP contribution in [0.1, 0.15) is 12.5 Å². The normalized spacial score (nSPS) is 11.2. The first-order valence-electron chi connectivity index (χ1n) is 6.22. The Morgan fingerprint density at radius 3 is 2.65 bits per heavy atom. The van der Waals surface area contributed by atoms with Crippen molar-refractivity contribution in [3.8, 4) is 0 Å². The molecule has 1 aromatic heterocycles. The van der Waals surface area contributed by atoms with Crippen molar-refractivity contribution in [1.82, 2.24) is 15.5 Å². The van der Waals surface area contributed by atoms with Gasteiger partial charge in [0, 0.05) is 12.7 Å². The summed E-state index contributed by atoms with van der Waals surface area (Å²) >= 11 is 0. The van der Waals surface area contributed by atoms with E-state index >= 15 is 0 Å². The van der Waals surface area contributed by atoms with Crippen LogP contribution in [0.5, 0.6) is 0 Å². The molecule has 0 atom stereocenters. The molecule has 0 unspecified atom stereocenters. The molecule has 0 bridgehead atoms. The zero-order valence-electron chi connectivity index (χ0n) is 11.1. The number of aromatic nitrogens is 2. The third kappa shape index (κ3) is 3.52. The summed E-state index contributed by atoms with van der Waals surface area (Å²) in [7, 11) is -3.67. The van der Waals surface area contributed by atoms with Crippen LogP contribution in [0, 0.1) is 0 Å². The molecule has 6 nitrogen and oxygen atoms in total. The van der Waals surface area contributed by atoms with Gasteiger partial charge in [0.1, 0.15) is 0 Å². The first kappa shape index (κ1) is 14.4. The lowest BCUT2D eigenvalue weighted by Gasteiger charge is -2.11. The Hall–Kier alpha value is -1.99. The van der Waals surface area contributed by atoms with Crippen LogP contribution in [0.15, 0.2) is 47.5 Å². The first-order valence-corrected chi connectivity index (χ1v) is 7.71. The number of hydrogen-bond donors (Lipinski definition) is 2. The number of hydrogen-bond acceptors (Lipinski definition) is 5. The molecule has 0 spiro atoms. The van der Waals surface area contributed by atoms with Gasteiger partial charge in [-0.1, -0.05) is 25.1 Å². The van der Waals surface area contributed by atoms with Crippen LogP contribution in [-0.4, -0.2) is 25.2 Å². The molecule has 0 aliphatic carbocycles. The fourth-order valence-corrected chi connectivity index (χ4v) is 2.96. The summed E-state index contributed by atoms with van der Waals surface area (Å²) < 4.78 is 27.2. The van der Waals surface area contributed by atoms with Crippen LogP contribution >= 0.6 is 0 Å². The molecule has 0 saturated heterocycles. The zero-order chi connectivity index (χ0) is 14.4. The highest BCUT2D eigenvalue weighted by molar-refractivity contribution is 7.92. The minimum Gasteiger partial charge on any atom is -0.313 e. The minimum absolute atomic E-state index is 0.200. The van der Waals surface area contributed by atoms with E-state index in [4.69, 9.17) is 0 Å². The lowest BCUT2D eigenvalue weighted by atomic mass is 10.2. The van der Waals surface area contributed by atoms with Crippen LogP contribution < -0.4 is 10.0 Å². The number of sulfonamides is 1. The van der Waals surface area contributed by atoms with Gasteiger partial charge in [-0.05, 0) is 30.3 Å². The Morgan fingerprint density at radius 2 is 1.95 bits per heavy atom. The van der Waals surface area contributed by atoms with Crippen molar-refractivity contribution >= 4 is 15.8 Å². The molecule has 0 radical (unpaired) electrons. The summed E-state index contributed by atoms with van der Waals surface area (Å²) in [6.07, 6.45) is 1.48. The van der Waals surface area contributed by atoms with Gasteiger partial charge in [-0.25, -0.2) is 8.42 Å². The Bertz CT molecular complexity index is 659. The van der Waals surface area contributed by atoms with E-state index < -0.39 is 10.0 Å². The third-order valence-corrected chi connectivity index (χ3v) is 4.09. The lowest BCUT2D eigenvalue weighted by molar-refractivity contribution is 0.598. The topological polar surface area (TPSA) is 84.0 Å². The maximum absolute atomic E-state index is 12.4. The molecule has 0 aliphatic rings. The van der Waals surface area contributed by atoms with E-state index in [1.165, 1.54) is 6.20 Å². The summed E-state index contributed by atoms with van der Waals surface area (Å²) in [4.78, 5) is 0.242. The highest BCUT2D eigenvalue weighted by atomic mass is 32.2. The summed E-state index contributed by atoms with van der Waals surface area (Å²) in [5.41, 5.74) is 0.714. The largest absolute Gasteiger partial charge is 0.313 e. The van der Waals surface area contributed by atoms with Crippen LogP contribution in [0.25, 0.3) is 0 Å². The molecule has 2 N–H and O–H groups in total. The van der Waals surface area contributed by atoms with Gasteiger partial charge in [-0.3, -0.25) is 4.72 Å². The molecule has 2 aromatic rings. The minimum atomic E-state index is -3.67. The van der Waals surface area contributed by atoms with E-state index in [2.05, 4.69) is 20.2 Å². The summed E-state index contributed by atoms with van der Waals surface area (Å²) in [6.45, 7) is 3.23. The Balaban J connectivity index is 2.30. The number of benzene rings is 1. The second kappa shape index (κ2) is 6.44. The average molecular weight is 292 g/mol. The predicted molar refractivity (Wildman–Crippen MR) is 76.7 cm³/mol. The van der Waals surface area contributed by atoms with Crippen molar-refractivity contribution < 1.29 is 8.42 Å². The van der Waals surface area contributed by atoms with E-state index in [9.17, 15) is 8.42 Å². The van der Waals surface area contributed by atoms with Crippen LogP contribution in [-0.2, 0) is 16.6 Å². The smallest absolute Gasteiger partial charge is 0.263 e. The van der Waals surface area contributed by atoms with Crippen LogP contribution in [0.4, 0.5) is 5.82 Å². The molecule has 1 heterocycles. The third-order valence-electron chi connectivity index (χ3n) is 2.64. The van der Waals surface area contributed by atoms with Crippen molar-refractivity contribution in [2.45, 2.75) is 18.4 Å². The SMILES string of the molecule is CCNCc1ccccc1S(=O)(=O)Nc1cccnn1. The molecule has 0 aliphatic heterocycles. The quantitative estimate of drug-likeness (QED) is 0.840. The van der Waals surface area contributed by atoms with Crippen LogP contribution in [0.2, 0.25) is 0 Å². The van der Waals surface area contributed by atoms with Crippen molar-refractivity contribution in [3.63, 3.8) is 0 Å². The highest BCUT2D eigenvalue weighted by Crippen LogP contribution is 2.18. The van der Waals surface area contributed by atoms with E-state index in [0.29, 0.717) is 12.1 Å². The summed E-state index contributed by atoms with van der Waals surface area (Å²) in [5, 5.41) is 10.5. The fourth-order valence-electron chi connectivity index (χ4n) is 1.72. The molecule has 1 aromatic carbocycles. The number of nitrogens with zero attached hydrogens (tertiary/aromatic N) is 2. The van der Waals surface area contributed by atoms with Gasteiger partial charge in [0.15, 0.2) is 5.82 Å². The molecule has 106 valence electrons. The molecular weight excluding hydrogens is 276 g/mol.